The monoisotopic (exact) mass is 234 g/mol. The fourth-order valence-electron chi connectivity index (χ4n) is 0.909. The number of benzene rings is 1. The van der Waals surface area contributed by atoms with Gasteiger partial charge in [0.2, 0.25) is 9.05 Å². The van der Waals surface area contributed by atoms with Gasteiger partial charge in [-0.1, -0.05) is 24.3 Å². The fraction of sp³-hybridized carbons (Fsp3) is 0.111. The second kappa shape index (κ2) is 4.57. The molecule has 0 aliphatic heterocycles. The Labute approximate surface area is 86.4 Å². The molecule has 0 aromatic heterocycles. The lowest BCUT2D eigenvalue weighted by atomic mass is 10.2. The molecule has 0 unspecified atom stereocenters. The number of hydrogen-bond acceptors (Lipinski definition) is 2. The highest BCUT2D eigenvalue weighted by Gasteiger charge is 1.99. The summed E-state index contributed by atoms with van der Waals surface area (Å²) in [7, 11) is 1.46. The summed E-state index contributed by atoms with van der Waals surface area (Å²) in [5, 5.41) is 0. The molecule has 5 heteroatoms. The van der Waals surface area contributed by atoms with E-state index in [1.54, 1.807) is 12.1 Å². The lowest BCUT2D eigenvalue weighted by Crippen LogP contribution is -1.91. The average Bonchev–Trinajstić information content (AvgIpc) is 2.01. The second-order valence-electron chi connectivity index (χ2n) is 2.66. The van der Waals surface area contributed by atoms with Crippen LogP contribution in [0, 0.1) is 5.82 Å². The molecule has 1 aromatic rings. The molecule has 0 bridgehead atoms. The van der Waals surface area contributed by atoms with E-state index < -0.39 is 9.05 Å². The van der Waals surface area contributed by atoms with Gasteiger partial charge in [0, 0.05) is 10.7 Å². The van der Waals surface area contributed by atoms with E-state index in [0.29, 0.717) is 5.56 Å². The number of halogens is 2. The summed E-state index contributed by atoms with van der Waals surface area (Å²) < 4.78 is 33.7. The first kappa shape index (κ1) is 11.2. The van der Waals surface area contributed by atoms with Gasteiger partial charge in [0.1, 0.15) is 5.82 Å². The third-order valence-electron chi connectivity index (χ3n) is 1.45. The van der Waals surface area contributed by atoms with Crippen LogP contribution in [0.15, 0.2) is 30.3 Å². The molecular weight excluding hydrogens is 227 g/mol. The summed E-state index contributed by atoms with van der Waals surface area (Å²) in [4.78, 5) is 0. The van der Waals surface area contributed by atoms with Crippen molar-refractivity contribution in [2.45, 2.75) is 0 Å². The van der Waals surface area contributed by atoms with Crippen molar-refractivity contribution in [2.75, 3.05) is 5.75 Å². The third-order valence-corrected chi connectivity index (χ3v) is 2.42. The maximum absolute atomic E-state index is 12.7. The molecule has 1 aromatic carbocycles. The minimum atomic E-state index is -3.51. The molecular formula is C9H8ClFO2S. The summed E-state index contributed by atoms with van der Waals surface area (Å²) in [5.41, 5.74) is 0.602. The smallest absolute Gasteiger partial charge is 0.212 e. The Hall–Kier alpha value is -0.870. The van der Waals surface area contributed by atoms with Gasteiger partial charge in [-0.15, -0.1) is 0 Å². The van der Waals surface area contributed by atoms with Crippen LogP contribution in [0.5, 0.6) is 0 Å². The molecule has 0 radical (unpaired) electrons. The standard InChI is InChI=1S/C9H8ClFO2S/c10-14(12,13)6-2-4-8-3-1-5-9(11)7-8/h1-5,7H,6H2/b4-2+. The summed E-state index contributed by atoms with van der Waals surface area (Å²) in [6.07, 6.45) is 2.88. The molecule has 0 saturated carbocycles. The Morgan fingerprint density at radius 1 is 1.43 bits per heavy atom. The van der Waals surface area contributed by atoms with E-state index in [4.69, 9.17) is 10.7 Å². The highest BCUT2D eigenvalue weighted by atomic mass is 35.7. The first-order valence-electron chi connectivity index (χ1n) is 3.82. The molecule has 0 fully saturated rings. The first-order chi connectivity index (χ1) is 6.47. The lowest BCUT2D eigenvalue weighted by molar-refractivity contribution is 0.612. The Morgan fingerprint density at radius 3 is 2.71 bits per heavy atom. The zero-order chi connectivity index (χ0) is 10.6. The third kappa shape index (κ3) is 4.39. The van der Waals surface area contributed by atoms with Crippen molar-refractivity contribution in [3.05, 3.63) is 41.7 Å². The van der Waals surface area contributed by atoms with E-state index in [2.05, 4.69) is 0 Å². The van der Waals surface area contributed by atoms with Gasteiger partial charge >= 0.3 is 0 Å². The van der Waals surface area contributed by atoms with E-state index in [1.807, 2.05) is 0 Å². The first-order valence-corrected chi connectivity index (χ1v) is 6.30. The molecule has 2 nitrogen and oxygen atoms in total. The van der Waals surface area contributed by atoms with Crippen LogP contribution < -0.4 is 0 Å². The van der Waals surface area contributed by atoms with Gasteiger partial charge in [0.05, 0.1) is 5.75 Å². The van der Waals surface area contributed by atoms with Gasteiger partial charge in [0.25, 0.3) is 0 Å². The van der Waals surface area contributed by atoms with Gasteiger partial charge in [0.15, 0.2) is 0 Å². The molecule has 14 heavy (non-hydrogen) atoms. The second-order valence-corrected chi connectivity index (χ2v) is 5.48. The summed E-state index contributed by atoms with van der Waals surface area (Å²) in [6, 6.07) is 5.83. The molecule has 0 heterocycles. The van der Waals surface area contributed by atoms with Crippen molar-refractivity contribution in [3.8, 4) is 0 Å². The molecule has 0 atom stereocenters. The quantitative estimate of drug-likeness (QED) is 0.753. The Kier molecular flexibility index (Phi) is 3.66. The molecule has 0 spiro atoms. The molecule has 0 aliphatic carbocycles. The van der Waals surface area contributed by atoms with Gasteiger partial charge in [-0.25, -0.2) is 12.8 Å². The zero-order valence-electron chi connectivity index (χ0n) is 7.15. The van der Waals surface area contributed by atoms with E-state index in [-0.39, 0.29) is 11.6 Å². The predicted molar refractivity (Wildman–Crippen MR) is 55.1 cm³/mol. The maximum atomic E-state index is 12.7. The zero-order valence-corrected chi connectivity index (χ0v) is 8.72. The van der Waals surface area contributed by atoms with Crippen molar-refractivity contribution in [1.29, 1.82) is 0 Å². The van der Waals surface area contributed by atoms with Gasteiger partial charge in [-0.3, -0.25) is 0 Å². The molecule has 0 amide bonds. The normalized spacial score (nSPS) is 12.1. The van der Waals surface area contributed by atoms with Crippen LogP contribution >= 0.6 is 10.7 Å². The van der Waals surface area contributed by atoms with Gasteiger partial charge in [-0.05, 0) is 17.7 Å². The topological polar surface area (TPSA) is 34.1 Å². The predicted octanol–water partition coefficient (Wildman–Crippen LogP) is 2.41. The van der Waals surface area contributed by atoms with Crippen LogP contribution in [0.25, 0.3) is 6.08 Å². The Morgan fingerprint density at radius 2 is 2.14 bits per heavy atom. The minimum Gasteiger partial charge on any atom is -0.212 e. The molecule has 76 valence electrons. The molecule has 0 N–H and O–H groups in total. The molecule has 1 rings (SSSR count). The summed E-state index contributed by atoms with van der Waals surface area (Å²) in [6.45, 7) is 0. The van der Waals surface area contributed by atoms with Crippen molar-refractivity contribution >= 4 is 25.8 Å². The van der Waals surface area contributed by atoms with E-state index in [1.165, 1.54) is 24.3 Å². The summed E-state index contributed by atoms with van der Waals surface area (Å²) >= 11 is 0. The average molecular weight is 235 g/mol. The van der Waals surface area contributed by atoms with E-state index in [9.17, 15) is 12.8 Å². The minimum absolute atomic E-state index is 0.259. The van der Waals surface area contributed by atoms with Crippen LogP contribution in [0.3, 0.4) is 0 Å². The van der Waals surface area contributed by atoms with Crippen molar-refractivity contribution < 1.29 is 12.8 Å². The fourth-order valence-corrected chi connectivity index (χ4v) is 1.45. The van der Waals surface area contributed by atoms with Crippen LogP contribution in [0.2, 0.25) is 0 Å². The van der Waals surface area contributed by atoms with Crippen LogP contribution in [0.1, 0.15) is 5.56 Å². The van der Waals surface area contributed by atoms with E-state index in [0.717, 1.165) is 0 Å². The van der Waals surface area contributed by atoms with Crippen LogP contribution in [-0.2, 0) is 9.05 Å². The van der Waals surface area contributed by atoms with Crippen molar-refractivity contribution in [2.24, 2.45) is 0 Å². The highest BCUT2D eigenvalue weighted by molar-refractivity contribution is 8.13. The number of rotatable bonds is 3. The van der Waals surface area contributed by atoms with Crippen LogP contribution in [-0.4, -0.2) is 14.2 Å². The van der Waals surface area contributed by atoms with Crippen molar-refractivity contribution in [3.63, 3.8) is 0 Å². The summed E-state index contributed by atoms with van der Waals surface area (Å²) in [5.74, 6) is -0.619. The highest BCUT2D eigenvalue weighted by Crippen LogP contribution is 2.06. The van der Waals surface area contributed by atoms with E-state index >= 15 is 0 Å². The van der Waals surface area contributed by atoms with Gasteiger partial charge < -0.3 is 0 Å². The molecule has 0 saturated heterocycles. The Bertz CT molecular complexity index is 440. The largest absolute Gasteiger partial charge is 0.236 e. The van der Waals surface area contributed by atoms with Crippen LogP contribution in [0.4, 0.5) is 4.39 Å². The van der Waals surface area contributed by atoms with Crippen molar-refractivity contribution in [1.82, 2.24) is 0 Å². The molecule has 0 aliphatic rings. The lowest BCUT2D eigenvalue weighted by Gasteiger charge is -1.92. The Balaban J connectivity index is 2.70. The SMILES string of the molecule is O=S(=O)(Cl)C/C=C/c1cccc(F)c1. The maximum Gasteiger partial charge on any atom is 0.236 e. The van der Waals surface area contributed by atoms with Gasteiger partial charge in [-0.2, -0.15) is 0 Å². The number of hydrogen-bond donors (Lipinski definition) is 0.